The van der Waals surface area contributed by atoms with Gasteiger partial charge in [0.1, 0.15) is 5.82 Å². The molecule has 0 bridgehead atoms. The van der Waals surface area contributed by atoms with E-state index >= 15 is 0 Å². The third-order valence-electron chi connectivity index (χ3n) is 2.26. The maximum absolute atomic E-state index is 13.4. The van der Waals surface area contributed by atoms with Crippen LogP contribution in [0.3, 0.4) is 0 Å². The summed E-state index contributed by atoms with van der Waals surface area (Å²) in [5.74, 6) is 5.70. The van der Waals surface area contributed by atoms with Crippen LogP contribution in [0.25, 0.3) is 0 Å². The zero-order chi connectivity index (χ0) is 13.5. The van der Waals surface area contributed by atoms with Crippen LogP contribution < -0.4 is 0 Å². The Hall–Kier alpha value is -1.60. The minimum Gasteiger partial charge on any atom is -0.298 e. The molecule has 0 heterocycles. The van der Waals surface area contributed by atoms with Gasteiger partial charge in [-0.15, -0.1) is 0 Å². The second kappa shape index (κ2) is 6.97. The average molecular weight is 264 g/mol. The smallest absolute Gasteiger partial charge is 0.185 e. The Morgan fingerprint density at radius 2 is 2.22 bits per heavy atom. The molecule has 94 valence electrons. The lowest BCUT2D eigenvalue weighted by Crippen LogP contribution is -1.96. The van der Waals surface area contributed by atoms with Gasteiger partial charge in [-0.25, -0.2) is 4.39 Å². The predicted octanol–water partition coefficient (Wildman–Crippen LogP) is 2.97. The Morgan fingerprint density at radius 1 is 1.50 bits per heavy atom. The van der Waals surface area contributed by atoms with Crippen LogP contribution in [-0.2, 0) is 4.79 Å². The Kier molecular flexibility index (Phi) is 5.60. The lowest BCUT2D eigenvalue weighted by atomic mass is 10.0. The van der Waals surface area contributed by atoms with E-state index in [1.807, 2.05) is 0 Å². The zero-order valence-corrected chi connectivity index (χ0v) is 11.1. The first-order chi connectivity index (χ1) is 8.56. The summed E-state index contributed by atoms with van der Waals surface area (Å²) in [5.41, 5.74) is 1.20. The van der Waals surface area contributed by atoms with Crippen molar-refractivity contribution in [3.05, 3.63) is 34.6 Å². The van der Waals surface area contributed by atoms with Gasteiger partial charge in [0.15, 0.2) is 11.4 Å². The number of hydrogen-bond acceptors (Lipinski definition) is 3. The maximum atomic E-state index is 13.4. The van der Waals surface area contributed by atoms with Gasteiger partial charge in [0, 0.05) is 24.7 Å². The van der Waals surface area contributed by atoms with E-state index in [-0.39, 0.29) is 10.7 Å². The number of benzene rings is 1. The van der Waals surface area contributed by atoms with E-state index in [2.05, 4.69) is 11.8 Å². The van der Waals surface area contributed by atoms with Crippen molar-refractivity contribution in [3.8, 4) is 11.8 Å². The van der Waals surface area contributed by atoms with E-state index in [0.717, 1.165) is 5.56 Å². The maximum Gasteiger partial charge on any atom is 0.185 e. The molecule has 1 aromatic carbocycles. The molecule has 2 nitrogen and oxygen atoms in total. The van der Waals surface area contributed by atoms with E-state index in [1.165, 1.54) is 24.8 Å². The topological polar surface area (TPSA) is 34.1 Å². The Bertz CT molecular complexity index is 527. The quantitative estimate of drug-likeness (QED) is 0.478. The molecule has 4 heteroatoms. The fourth-order valence-electron chi connectivity index (χ4n) is 1.38. The minimum atomic E-state index is -0.557. The van der Waals surface area contributed by atoms with Crippen LogP contribution >= 0.6 is 11.8 Å². The highest BCUT2D eigenvalue weighted by Crippen LogP contribution is 2.15. The molecular formula is C14H13FO2S. The molecule has 1 rings (SSSR count). The van der Waals surface area contributed by atoms with Gasteiger partial charge in [0.05, 0.1) is 5.56 Å². The van der Waals surface area contributed by atoms with Gasteiger partial charge in [0.2, 0.25) is 0 Å². The van der Waals surface area contributed by atoms with Crippen molar-refractivity contribution in [1.29, 1.82) is 0 Å². The molecule has 0 spiro atoms. The van der Waals surface area contributed by atoms with Gasteiger partial charge in [-0.2, -0.15) is 0 Å². The third kappa shape index (κ3) is 4.01. The van der Waals surface area contributed by atoms with Gasteiger partial charge < -0.3 is 0 Å². The highest BCUT2D eigenvalue weighted by Gasteiger charge is 2.08. The SMILES string of the molecule is CC(=O)SCCC#Cc1c(C)ccc(F)c1C=O. The number of rotatable bonds is 3. The molecule has 0 saturated carbocycles. The van der Waals surface area contributed by atoms with Crippen LogP contribution in [0.2, 0.25) is 0 Å². The van der Waals surface area contributed by atoms with Crippen LogP contribution in [-0.4, -0.2) is 17.2 Å². The molecule has 0 aromatic heterocycles. The van der Waals surface area contributed by atoms with Crippen LogP contribution in [0, 0.1) is 24.6 Å². The molecule has 1 aromatic rings. The minimum absolute atomic E-state index is 0.00159. The molecule has 0 aliphatic heterocycles. The molecule has 0 unspecified atom stereocenters. The molecular weight excluding hydrogens is 251 g/mol. The van der Waals surface area contributed by atoms with E-state index in [4.69, 9.17) is 0 Å². The van der Waals surface area contributed by atoms with Crippen molar-refractivity contribution in [2.24, 2.45) is 0 Å². The summed E-state index contributed by atoms with van der Waals surface area (Å²) in [6, 6.07) is 2.85. The molecule has 0 atom stereocenters. The van der Waals surface area contributed by atoms with Crippen LogP contribution in [0.15, 0.2) is 12.1 Å². The van der Waals surface area contributed by atoms with Crippen molar-refractivity contribution in [3.63, 3.8) is 0 Å². The fraction of sp³-hybridized carbons (Fsp3) is 0.286. The third-order valence-corrected chi connectivity index (χ3v) is 3.08. The van der Waals surface area contributed by atoms with E-state index in [0.29, 0.717) is 24.0 Å². The zero-order valence-electron chi connectivity index (χ0n) is 10.2. The van der Waals surface area contributed by atoms with E-state index < -0.39 is 5.82 Å². The van der Waals surface area contributed by atoms with Gasteiger partial charge in [0.25, 0.3) is 0 Å². The van der Waals surface area contributed by atoms with Crippen molar-refractivity contribution >= 4 is 23.2 Å². The Labute approximate surface area is 110 Å². The van der Waals surface area contributed by atoms with Crippen molar-refractivity contribution in [2.45, 2.75) is 20.3 Å². The van der Waals surface area contributed by atoms with Crippen molar-refractivity contribution < 1.29 is 14.0 Å². The molecule has 0 amide bonds. The van der Waals surface area contributed by atoms with Gasteiger partial charge >= 0.3 is 0 Å². The molecule has 0 radical (unpaired) electrons. The molecule has 18 heavy (non-hydrogen) atoms. The highest BCUT2D eigenvalue weighted by atomic mass is 32.2. The lowest BCUT2D eigenvalue weighted by Gasteiger charge is -2.02. The average Bonchev–Trinajstić information content (AvgIpc) is 2.32. The number of aldehydes is 1. The lowest BCUT2D eigenvalue weighted by molar-refractivity contribution is -0.109. The summed E-state index contributed by atoms with van der Waals surface area (Å²) in [6.07, 6.45) is 1.01. The number of carbonyl (C=O) groups excluding carboxylic acids is 2. The van der Waals surface area contributed by atoms with E-state index in [9.17, 15) is 14.0 Å². The summed E-state index contributed by atoms with van der Waals surface area (Å²) in [4.78, 5) is 21.5. The monoisotopic (exact) mass is 264 g/mol. The first-order valence-electron chi connectivity index (χ1n) is 5.42. The summed E-state index contributed by atoms with van der Waals surface area (Å²) in [7, 11) is 0. The van der Waals surface area contributed by atoms with Gasteiger partial charge in [-0.3, -0.25) is 9.59 Å². The molecule has 0 aliphatic carbocycles. The van der Waals surface area contributed by atoms with Crippen LogP contribution in [0.4, 0.5) is 4.39 Å². The predicted molar refractivity (Wildman–Crippen MR) is 71.2 cm³/mol. The van der Waals surface area contributed by atoms with E-state index in [1.54, 1.807) is 13.0 Å². The molecule has 0 N–H and O–H groups in total. The molecule has 0 aliphatic rings. The summed E-state index contributed by atoms with van der Waals surface area (Å²) < 4.78 is 13.4. The van der Waals surface area contributed by atoms with Gasteiger partial charge in [-0.1, -0.05) is 29.7 Å². The van der Waals surface area contributed by atoms with Crippen molar-refractivity contribution in [2.75, 3.05) is 5.75 Å². The van der Waals surface area contributed by atoms with Crippen LogP contribution in [0.1, 0.15) is 34.8 Å². The number of carbonyl (C=O) groups is 2. The first-order valence-corrected chi connectivity index (χ1v) is 6.41. The highest BCUT2D eigenvalue weighted by molar-refractivity contribution is 8.13. The Balaban J connectivity index is 2.84. The van der Waals surface area contributed by atoms with Gasteiger partial charge in [-0.05, 0) is 18.6 Å². The summed E-state index contributed by atoms with van der Waals surface area (Å²) in [6.45, 7) is 3.28. The second-order valence-corrected chi connectivity index (χ2v) is 4.93. The number of thioether (sulfide) groups is 1. The molecule has 0 fully saturated rings. The Morgan fingerprint density at radius 3 is 2.83 bits per heavy atom. The number of halogens is 1. The summed E-state index contributed by atoms with van der Waals surface area (Å²) >= 11 is 1.20. The largest absolute Gasteiger partial charge is 0.298 e. The first kappa shape index (κ1) is 14.5. The van der Waals surface area contributed by atoms with Crippen LogP contribution in [0.5, 0.6) is 0 Å². The molecule has 0 saturated heterocycles. The number of aryl methyl sites for hydroxylation is 1. The standard InChI is InChI=1S/C14H13FO2S/c1-10-6-7-14(15)13(9-16)12(10)5-3-4-8-18-11(2)17/h6-7,9H,4,8H2,1-2H3. The normalized spacial score (nSPS) is 9.50. The summed E-state index contributed by atoms with van der Waals surface area (Å²) in [5, 5.41) is 0.0484. The van der Waals surface area contributed by atoms with Crippen molar-refractivity contribution in [1.82, 2.24) is 0 Å². The number of hydrogen-bond donors (Lipinski definition) is 0. The second-order valence-electron chi connectivity index (χ2n) is 3.66. The fourth-order valence-corrected chi connectivity index (χ4v) is 1.87.